The van der Waals surface area contributed by atoms with Crippen molar-refractivity contribution in [2.75, 3.05) is 0 Å². The highest BCUT2D eigenvalue weighted by Crippen LogP contribution is 2.16. The Kier molecular flexibility index (Phi) is 3.65. The Labute approximate surface area is 83.8 Å². The summed E-state index contributed by atoms with van der Waals surface area (Å²) in [5, 5.41) is 12.2. The summed E-state index contributed by atoms with van der Waals surface area (Å²) < 4.78 is 0. The maximum absolute atomic E-state index is 10.9. The molecule has 0 aliphatic heterocycles. The third-order valence-electron chi connectivity index (χ3n) is 2.00. The second-order valence-corrected chi connectivity index (χ2v) is 3.33. The van der Waals surface area contributed by atoms with Crippen LogP contribution in [0.2, 0.25) is 0 Å². The molecule has 3 nitrogen and oxygen atoms in total. The monoisotopic (exact) mass is 193 g/mol. The Balaban J connectivity index is 2.83. The molecule has 2 N–H and O–H groups in total. The number of aliphatic hydroxyl groups is 1. The van der Waals surface area contributed by atoms with Crippen molar-refractivity contribution in [3.63, 3.8) is 0 Å². The number of hydrogen-bond donors (Lipinski definition) is 2. The van der Waals surface area contributed by atoms with E-state index in [1.54, 1.807) is 6.92 Å². The molecule has 2 atom stereocenters. The highest BCUT2D eigenvalue weighted by atomic mass is 16.3. The third kappa shape index (κ3) is 2.85. The second kappa shape index (κ2) is 4.77. The van der Waals surface area contributed by atoms with Crippen molar-refractivity contribution in [2.24, 2.45) is 0 Å². The normalized spacial score (nSPS) is 14.5. The molecule has 0 aliphatic carbocycles. The zero-order valence-electron chi connectivity index (χ0n) is 8.40. The van der Waals surface area contributed by atoms with E-state index in [9.17, 15) is 9.90 Å². The summed E-state index contributed by atoms with van der Waals surface area (Å²) in [5.41, 5.74) is 0.915. The van der Waals surface area contributed by atoms with Gasteiger partial charge < -0.3 is 10.4 Å². The lowest BCUT2D eigenvalue weighted by atomic mass is 10.0. The highest BCUT2D eigenvalue weighted by molar-refractivity contribution is 5.73. The van der Waals surface area contributed by atoms with Gasteiger partial charge in [0.1, 0.15) is 0 Å². The van der Waals surface area contributed by atoms with Crippen LogP contribution >= 0.6 is 0 Å². The minimum atomic E-state index is -0.596. The molecule has 0 saturated heterocycles. The summed E-state index contributed by atoms with van der Waals surface area (Å²) in [6, 6.07) is 9.10. The summed E-state index contributed by atoms with van der Waals surface area (Å²) >= 11 is 0. The van der Waals surface area contributed by atoms with Gasteiger partial charge in [-0.3, -0.25) is 4.79 Å². The lowest BCUT2D eigenvalue weighted by Crippen LogP contribution is -2.33. The predicted octanol–water partition coefficient (Wildman–Crippen LogP) is 1.24. The summed E-state index contributed by atoms with van der Waals surface area (Å²) in [7, 11) is 0. The molecule has 0 fully saturated rings. The van der Waals surface area contributed by atoms with Crippen LogP contribution in [-0.2, 0) is 4.79 Å². The van der Waals surface area contributed by atoms with Gasteiger partial charge in [-0.05, 0) is 12.5 Å². The Morgan fingerprint density at radius 3 is 2.36 bits per heavy atom. The molecule has 0 bridgehead atoms. The largest absolute Gasteiger partial charge is 0.391 e. The topological polar surface area (TPSA) is 49.3 Å². The summed E-state index contributed by atoms with van der Waals surface area (Å²) in [5.74, 6) is -0.139. The average molecular weight is 193 g/mol. The quantitative estimate of drug-likeness (QED) is 0.759. The summed E-state index contributed by atoms with van der Waals surface area (Å²) in [6.07, 6.45) is -0.596. The average Bonchev–Trinajstić information content (AvgIpc) is 2.15. The smallest absolute Gasteiger partial charge is 0.217 e. The molecule has 1 amide bonds. The summed E-state index contributed by atoms with van der Waals surface area (Å²) in [4.78, 5) is 10.9. The first kappa shape index (κ1) is 10.7. The first-order valence-electron chi connectivity index (χ1n) is 4.61. The SMILES string of the molecule is CC(=O)N[C@@H](c1ccccc1)[C@H](C)O. The lowest BCUT2D eigenvalue weighted by molar-refractivity contribution is -0.120. The third-order valence-corrected chi connectivity index (χ3v) is 2.00. The van der Waals surface area contributed by atoms with Crippen LogP contribution in [-0.4, -0.2) is 17.1 Å². The standard InChI is InChI=1S/C11H15NO2/c1-8(13)11(12-9(2)14)10-6-4-3-5-7-10/h3-8,11,13H,1-2H3,(H,12,14)/t8-,11+/m0/s1. The number of amides is 1. The maximum atomic E-state index is 10.9. The zero-order valence-corrected chi connectivity index (χ0v) is 8.40. The molecule has 0 radical (unpaired) electrons. The van der Waals surface area contributed by atoms with Crippen molar-refractivity contribution in [2.45, 2.75) is 26.0 Å². The van der Waals surface area contributed by atoms with E-state index >= 15 is 0 Å². The number of benzene rings is 1. The van der Waals surface area contributed by atoms with Crippen LogP contribution in [0, 0.1) is 0 Å². The van der Waals surface area contributed by atoms with E-state index in [4.69, 9.17) is 0 Å². The van der Waals surface area contributed by atoms with Crippen LogP contribution in [0.25, 0.3) is 0 Å². The molecule has 0 heterocycles. The van der Waals surface area contributed by atoms with E-state index < -0.39 is 6.10 Å². The van der Waals surface area contributed by atoms with Gasteiger partial charge in [0.05, 0.1) is 12.1 Å². The van der Waals surface area contributed by atoms with Crippen LogP contribution in [0.15, 0.2) is 30.3 Å². The molecular weight excluding hydrogens is 178 g/mol. The molecule has 0 aliphatic rings. The van der Waals surface area contributed by atoms with Crippen molar-refractivity contribution >= 4 is 5.91 Å². The molecule has 0 aromatic heterocycles. The van der Waals surface area contributed by atoms with Crippen molar-refractivity contribution in [3.8, 4) is 0 Å². The van der Waals surface area contributed by atoms with Gasteiger partial charge in [-0.2, -0.15) is 0 Å². The number of nitrogens with one attached hydrogen (secondary N) is 1. The van der Waals surface area contributed by atoms with Gasteiger partial charge >= 0.3 is 0 Å². The Morgan fingerprint density at radius 2 is 1.93 bits per heavy atom. The number of hydrogen-bond acceptors (Lipinski definition) is 2. The Morgan fingerprint density at radius 1 is 1.36 bits per heavy atom. The van der Waals surface area contributed by atoms with Gasteiger partial charge in [-0.25, -0.2) is 0 Å². The van der Waals surface area contributed by atoms with Crippen molar-refractivity contribution in [1.82, 2.24) is 5.32 Å². The van der Waals surface area contributed by atoms with Crippen molar-refractivity contribution < 1.29 is 9.90 Å². The van der Waals surface area contributed by atoms with Gasteiger partial charge in [-0.15, -0.1) is 0 Å². The molecule has 0 spiro atoms. The van der Waals surface area contributed by atoms with E-state index in [-0.39, 0.29) is 11.9 Å². The summed E-state index contributed by atoms with van der Waals surface area (Å²) in [6.45, 7) is 3.10. The van der Waals surface area contributed by atoms with E-state index in [1.807, 2.05) is 30.3 Å². The van der Waals surface area contributed by atoms with Crippen LogP contribution in [0.1, 0.15) is 25.5 Å². The minimum absolute atomic E-state index is 0.139. The Bertz CT molecular complexity index is 295. The fourth-order valence-corrected chi connectivity index (χ4v) is 1.36. The van der Waals surface area contributed by atoms with Crippen molar-refractivity contribution in [1.29, 1.82) is 0 Å². The van der Waals surface area contributed by atoms with E-state index in [1.165, 1.54) is 6.92 Å². The van der Waals surface area contributed by atoms with E-state index in [0.29, 0.717) is 0 Å². The number of rotatable bonds is 3. The van der Waals surface area contributed by atoms with Crippen LogP contribution in [0.4, 0.5) is 0 Å². The van der Waals surface area contributed by atoms with Crippen LogP contribution in [0.3, 0.4) is 0 Å². The minimum Gasteiger partial charge on any atom is -0.391 e. The van der Waals surface area contributed by atoms with Gasteiger partial charge in [0.2, 0.25) is 5.91 Å². The molecule has 3 heteroatoms. The molecule has 1 rings (SSSR count). The Hall–Kier alpha value is -1.35. The number of aliphatic hydroxyl groups excluding tert-OH is 1. The molecule has 0 saturated carbocycles. The predicted molar refractivity (Wildman–Crippen MR) is 54.7 cm³/mol. The molecule has 0 unspecified atom stereocenters. The first-order valence-corrected chi connectivity index (χ1v) is 4.61. The fraction of sp³-hybridized carbons (Fsp3) is 0.364. The van der Waals surface area contributed by atoms with Gasteiger partial charge in [0, 0.05) is 6.92 Å². The van der Waals surface area contributed by atoms with E-state index in [0.717, 1.165) is 5.56 Å². The van der Waals surface area contributed by atoms with E-state index in [2.05, 4.69) is 5.32 Å². The molecular formula is C11H15NO2. The highest BCUT2D eigenvalue weighted by Gasteiger charge is 2.17. The first-order chi connectivity index (χ1) is 6.61. The zero-order chi connectivity index (χ0) is 10.6. The molecule has 14 heavy (non-hydrogen) atoms. The maximum Gasteiger partial charge on any atom is 0.217 e. The molecule has 76 valence electrons. The molecule has 1 aromatic carbocycles. The van der Waals surface area contributed by atoms with Crippen molar-refractivity contribution in [3.05, 3.63) is 35.9 Å². The van der Waals surface area contributed by atoms with Crippen LogP contribution < -0.4 is 5.32 Å². The van der Waals surface area contributed by atoms with Crippen LogP contribution in [0.5, 0.6) is 0 Å². The van der Waals surface area contributed by atoms with Gasteiger partial charge in [-0.1, -0.05) is 30.3 Å². The number of carbonyl (C=O) groups excluding carboxylic acids is 1. The van der Waals surface area contributed by atoms with Gasteiger partial charge in [0.15, 0.2) is 0 Å². The fourth-order valence-electron chi connectivity index (χ4n) is 1.36. The van der Waals surface area contributed by atoms with Gasteiger partial charge in [0.25, 0.3) is 0 Å². The molecule has 1 aromatic rings. The lowest BCUT2D eigenvalue weighted by Gasteiger charge is -2.20. The number of carbonyl (C=O) groups is 1. The second-order valence-electron chi connectivity index (χ2n) is 3.33.